The minimum Gasteiger partial charge on any atom is -0.480 e. The molecule has 6 heteroatoms. The summed E-state index contributed by atoms with van der Waals surface area (Å²) >= 11 is 0. The lowest BCUT2D eigenvalue weighted by Crippen LogP contribution is -2.60. The number of hydrogen-bond donors (Lipinski definition) is 1. The smallest absolute Gasteiger partial charge is 0.326 e. The molecule has 0 radical (unpaired) electrons. The number of carboxylic acid groups (broad SMARTS) is 1. The number of nitrogens with zero attached hydrogens (tertiary/aromatic N) is 2. The number of ether oxygens (including phenoxy) is 1. The van der Waals surface area contributed by atoms with Gasteiger partial charge >= 0.3 is 12.0 Å². The summed E-state index contributed by atoms with van der Waals surface area (Å²) in [5, 5.41) is 9.12. The van der Waals surface area contributed by atoms with Crippen molar-refractivity contribution in [2.24, 2.45) is 0 Å². The molecule has 6 nitrogen and oxygen atoms in total. The van der Waals surface area contributed by atoms with Crippen LogP contribution in [0.1, 0.15) is 26.7 Å². The second-order valence-electron chi connectivity index (χ2n) is 5.49. The molecule has 102 valence electrons. The van der Waals surface area contributed by atoms with Gasteiger partial charge in [0.25, 0.3) is 0 Å². The van der Waals surface area contributed by atoms with Gasteiger partial charge in [0, 0.05) is 13.1 Å². The normalized spacial score (nSPS) is 27.3. The first kappa shape index (κ1) is 13.1. The van der Waals surface area contributed by atoms with E-state index in [1.165, 1.54) is 4.90 Å². The molecule has 18 heavy (non-hydrogen) atoms. The number of carbonyl (C=O) groups excluding carboxylic acids is 1. The Kier molecular flexibility index (Phi) is 3.47. The van der Waals surface area contributed by atoms with Gasteiger partial charge in [-0.15, -0.1) is 0 Å². The molecular weight excluding hydrogens is 236 g/mol. The van der Waals surface area contributed by atoms with Crippen LogP contribution in [-0.2, 0) is 9.53 Å². The molecule has 2 amide bonds. The largest absolute Gasteiger partial charge is 0.480 e. The van der Waals surface area contributed by atoms with E-state index >= 15 is 0 Å². The van der Waals surface area contributed by atoms with E-state index in [0.717, 1.165) is 6.42 Å². The average Bonchev–Trinajstić information content (AvgIpc) is 2.76. The van der Waals surface area contributed by atoms with E-state index in [9.17, 15) is 9.59 Å². The lowest BCUT2D eigenvalue weighted by molar-refractivity contribution is -0.141. The van der Waals surface area contributed by atoms with Crippen LogP contribution in [0.2, 0.25) is 0 Å². The van der Waals surface area contributed by atoms with Gasteiger partial charge in [0.1, 0.15) is 6.04 Å². The van der Waals surface area contributed by atoms with Crippen molar-refractivity contribution < 1.29 is 19.4 Å². The van der Waals surface area contributed by atoms with Crippen molar-refractivity contribution in [3.05, 3.63) is 0 Å². The summed E-state index contributed by atoms with van der Waals surface area (Å²) in [4.78, 5) is 26.8. The van der Waals surface area contributed by atoms with Crippen molar-refractivity contribution in [2.75, 3.05) is 26.3 Å². The molecule has 2 rings (SSSR count). The van der Waals surface area contributed by atoms with Crippen LogP contribution in [-0.4, -0.2) is 64.8 Å². The molecule has 0 aromatic carbocycles. The average molecular weight is 256 g/mol. The maximum absolute atomic E-state index is 12.5. The molecule has 2 saturated heterocycles. The van der Waals surface area contributed by atoms with Gasteiger partial charge in [0.2, 0.25) is 0 Å². The molecule has 0 aliphatic carbocycles. The monoisotopic (exact) mass is 256 g/mol. The number of carbonyl (C=O) groups is 2. The van der Waals surface area contributed by atoms with Gasteiger partial charge < -0.3 is 19.6 Å². The summed E-state index contributed by atoms with van der Waals surface area (Å²) in [5.41, 5.74) is -0.374. The van der Waals surface area contributed by atoms with Gasteiger partial charge in [-0.25, -0.2) is 9.59 Å². The fourth-order valence-electron chi connectivity index (χ4n) is 2.62. The van der Waals surface area contributed by atoms with Crippen LogP contribution in [0.4, 0.5) is 4.79 Å². The zero-order valence-electron chi connectivity index (χ0n) is 10.9. The number of hydrogen-bond acceptors (Lipinski definition) is 3. The lowest BCUT2D eigenvalue weighted by atomic mass is 10.0. The first-order valence-electron chi connectivity index (χ1n) is 6.32. The third-order valence-corrected chi connectivity index (χ3v) is 3.66. The van der Waals surface area contributed by atoms with Crippen molar-refractivity contribution in [3.63, 3.8) is 0 Å². The third kappa shape index (κ3) is 2.29. The van der Waals surface area contributed by atoms with Gasteiger partial charge in [-0.3, -0.25) is 0 Å². The Bertz CT molecular complexity index is 356. The zero-order valence-corrected chi connectivity index (χ0v) is 10.9. The molecule has 2 heterocycles. The number of rotatable bonds is 1. The summed E-state index contributed by atoms with van der Waals surface area (Å²) < 4.78 is 5.37. The maximum atomic E-state index is 12.5. The van der Waals surface area contributed by atoms with E-state index in [-0.39, 0.29) is 11.6 Å². The van der Waals surface area contributed by atoms with Crippen LogP contribution in [0.5, 0.6) is 0 Å². The fourth-order valence-corrected chi connectivity index (χ4v) is 2.62. The summed E-state index contributed by atoms with van der Waals surface area (Å²) in [6.07, 6.45) is 1.30. The highest BCUT2D eigenvalue weighted by atomic mass is 16.5. The molecule has 2 aliphatic heterocycles. The minimum atomic E-state index is -0.910. The topological polar surface area (TPSA) is 70.1 Å². The molecule has 2 fully saturated rings. The number of carboxylic acids is 1. The predicted octanol–water partition coefficient (Wildman–Crippen LogP) is 0.766. The SMILES string of the molecule is CC1(C)COCCN1C(=O)N1CCC[C@@H]1C(=O)O. The number of amides is 2. The minimum absolute atomic E-state index is 0.173. The third-order valence-electron chi connectivity index (χ3n) is 3.66. The van der Waals surface area contributed by atoms with E-state index < -0.39 is 12.0 Å². The van der Waals surface area contributed by atoms with Crippen molar-refractivity contribution >= 4 is 12.0 Å². The molecule has 0 unspecified atom stereocenters. The molecular formula is C12H20N2O4. The van der Waals surface area contributed by atoms with Crippen LogP contribution in [0, 0.1) is 0 Å². The quantitative estimate of drug-likeness (QED) is 0.752. The highest BCUT2D eigenvalue weighted by molar-refractivity contribution is 5.83. The summed E-state index contributed by atoms with van der Waals surface area (Å²) in [6.45, 7) is 5.94. The molecule has 1 N–H and O–H groups in total. The second-order valence-corrected chi connectivity index (χ2v) is 5.49. The fraction of sp³-hybridized carbons (Fsp3) is 0.833. The number of aliphatic carboxylic acids is 1. The van der Waals surface area contributed by atoms with Gasteiger partial charge in [0.05, 0.1) is 18.8 Å². The van der Waals surface area contributed by atoms with Crippen LogP contribution in [0.3, 0.4) is 0 Å². The summed E-state index contributed by atoms with van der Waals surface area (Å²) in [7, 11) is 0. The highest BCUT2D eigenvalue weighted by Gasteiger charge is 2.41. The van der Waals surface area contributed by atoms with Crippen LogP contribution >= 0.6 is 0 Å². The Morgan fingerprint density at radius 2 is 2.06 bits per heavy atom. The van der Waals surface area contributed by atoms with Crippen molar-refractivity contribution in [1.29, 1.82) is 0 Å². The number of urea groups is 1. The number of likely N-dealkylation sites (tertiary alicyclic amines) is 1. The van der Waals surface area contributed by atoms with Crippen molar-refractivity contribution in [2.45, 2.75) is 38.3 Å². The van der Waals surface area contributed by atoms with Crippen LogP contribution in [0.25, 0.3) is 0 Å². The van der Waals surface area contributed by atoms with Gasteiger partial charge in [-0.05, 0) is 26.7 Å². The lowest BCUT2D eigenvalue weighted by Gasteiger charge is -2.44. The molecule has 0 saturated carbocycles. The van der Waals surface area contributed by atoms with Crippen molar-refractivity contribution in [1.82, 2.24) is 9.80 Å². The standard InChI is InChI=1S/C12H20N2O4/c1-12(2)8-18-7-6-14(12)11(17)13-5-3-4-9(13)10(15)16/h9H,3-8H2,1-2H3,(H,15,16)/t9-/m1/s1. The molecule has 1 atom stereocenters. The molecule has 0 spiro atoms. The van der Waals surface area contributed by atoms with E-state index in [4.69, 9.17) is 9.84 Å². The van der Waals surface area contributed by atoms with E-state index in [0.29, 0.717) is 32.7 Å². The van der Waals surface area contributed by atoms with E-state index in [1.807, 2.05) is 13.8 Å². The van der Waals surface area contributed by atoms with Crippen molar-refractivity contribution in [3.8, 4) is 0 Å². The Hall–Kier alpha value is -1.30. The Morgan fingerprint density at radius 1 is 1.33 bits per heavy atom. The van der Waals surface area contributed by atoms with Gasteiger partial charge in [-0.2, -0.15) is 0 Å². The molecule has 0 bridgehead atoms. The van der Waals surface area contributed by atoms with Gasteiger partial charge in [0.15, 0.2) is 0 Å². The van der Waals surface area contributed by atoms with E-state index in [1.54, 1.807) is 4.90 Å². The molecule has 0 aromatic heterocycles. The number of morpholine rings is 1. The maximum Gasteiger partial charge on any atom is 0.326 e. The highest BCUT2D eigenvalue weighted by Crippen LogP contribution is 2.25. The van der Waals surface area contributed by atoms with Crippen LogP contribution < -0.4 is 0 Å². The Morgan fingerprint density at radius 3 is 2.67 bits per heavy atom. The molecule has 0 aromatic rings. The van der Waals surface area contributed by atoms with Gasteiger partial charge in [-0.1, -0.05) is 0 Å². The molecule has 2 aliphatic rings. The summed E-state index contributed by atoms with van der Waals surface area (Å²) in [6, 6.07) is -0.843. The predicted molar refractivity (Wildman–Crippen MR) is 64.4 cm³/mol. The Balaban J connectivity index is 2.12. The Labute approximate surface area is 106 Å². The second kappa shape index (κ2) is 4.76. The summed E-state index contributed by atoms with van der Waals surface area (Å²) in [5.74, 6) is -0.910. The first-order chi connectivity index (χ1) is 8.43. The zero-order chi connectivity index (χ0) is 13.3. The first-order valence-corrected chi connectivity index (χ1v) is 6.32. The van der Waals surface area contributed by atoms with E-state index in [2.05, 4.69) is 0 Å². The van der Waals surface area contributed by atoms with Crippen LogP contribution in [0.15, 0.2) is 0 Å².